The van der Waals surface area contributed by atoms with E-state index in [0.717, 1.165) is 51.6 Å². The number of nitrogens with zero attached hydrogens (tertiary/aromatic N) is 1. The van der Waals surface area contributed by atoms with Crippen LogP contribution in [0.15, 0.2) is 30.3 Å². The number of aliphatic hydroxyl groups is 1. The van der Waals surface area contributed by atoms with Crippen LogP contribution in [-0.2, 0) is 15.1 Å². The molecule has 24 heavy (non-hydrogen) atoms. The molecule has 1 saturated heterocycles. The summed E-state index contributed by atoms with van der Waals surface area (Å²) in [4.78, 5) is 15.2. The zero-order valence-corrected chi connectivity index (χ0v) is 14.6. The van der Waals surface area contributed by atoms with E-state index in [9.17, 15) is 9.90 Å². The van der Waals surface area contributed by atoms with E-state index in [0.29, 0.717) is 5.56 Å². The van der Waals surface area contributed by atoms with Gasteiger partial charge in [0.15, 0.2) is 5.60 Å². The Hall–Kier alpha value is -1.39. The maximum atomic E-state index is 13.0. The highest BCUT2D eigenvalue weighted by Gasteiger charge is 2.47. The molecule has 4 heteroatoms. The number of benzene rings is 1. The fourth-order valence-electron chi connectivity index (χ4n) is 4.19. The smallest absolute Gasteiger partial charge is 0.343 e. The van der Waals surface area contributed by atoms with Gasteiger partial charge in [-0.05, 0) is 44.8 Å². The van der Waals surface area contributed by atoms with Crippen LogP contribution < -0.4 is 0 Å². The molecule has 1 N–H and O–H groups in total. The number of rotatable bonds is 4. The molecule has 4 nitrogen and oxygen atoms in total. The molecule has 2 atom stereocenters. The first-order valence-corrected chi connectivity index (χ1v) is 9.28. The molecule has 1 aliphatic carbocycles. The van der Waals surface area contributed by atoms with Gasteiger partial charge in [-0.2, -0.15) is 0 Å². The highest BCUT2D eigenvalue weighted by molar-refractivity contribution is 5.81. The molecular weight excluding hydrogens is 302 g/mol. The van der Waals surface area contributed by atoms with Gasteiger partial charge in [0.2, 0.25) is 0 Å². The van der Waals surface area contributed by atoms with Crippen LogP contribution in [-0.4, -0.2) is 42.2 Å². The van der Waals surface area contributed by atoms with E-state index in [4.69, 9.17) is 4.74 Å². The van der Waals surface area contributed by atoms with Crippen LogP contribution >= 0.6 is 0 Å². The summed E-state index contributed by atoms with van der Waals surface area (Å²) in [7, 11) is 2.05. The van der Waals surface area contributed by atoms with E-state index in [2.05, 4.69) is 4.90 Å². The highest BCUT2D eigenvalue weighted by Crippen LogP contribution is 2.40. The third-order valence-corrected chi connectivity index (χ3v) is 5.58. The number of carbonyl (C=O) groups is 1. The van der Waals surface area contributed by atoms with Crippen molar-refractivity contribution < 1.29 is 14.6 Å². The quantitative estimate of drug-likeness (QED) is 0.862. The Labute approximate surface area is 144 Å². The maximum Gasteiger partial charge on any atom is 0.343 e. The van der Waals surface area contributed by atoms with Gasteiger partial charge in [0.25, 0.3) is 0 Å². The topological polar surface area (TPSA) is 49.8 Å². The summed E-state index contributed by atoms with van der Waals surface area (Å²) < 4.78 is 5.80. The van der Waals surface area contributed by atoms with E-state index < -0.39 is 11.6 Å². The predicted octanol–water partition coefficient (Wildman–Crippen LogP) is 3.09. The zero-order valence-electron chi connectivity index (χ0n) is 14.6. The molecule has 0 bridgehead atoms. The van der Waals surface area contributed by atoms with Crippen molar-refractivity contribution in [3.05, 3.63) is 35.9 Å². The lowest BCUT2D eigenvalue weighted by molar-refractivity contribution is -0.183. The van der Waals surface area contributed by atoms with Crippen LogP contribution in [0.3, 0.4) is 0 Å². The first-order valence-electron chi connectivity index (χ1n) is 9.28. The van der Waals surface area contributed by atoms with Crippen LogP contribution in [0.25, 0.3) is 0 Å². The SMILES string of the molecule is CN1CCCC(OC(=O)C(O)(c2ccccc2)C2CCCCC2)C1. The van der Waals surface area contributed by atoms with E-state index >= 15 is 0 Å². The second-order valence-corrected chi connectivity index (χ2v) is 7.40. The van der Waals surface area contributed by atoms with Crippen LogP contribution in [0.5, 0.6) is 0 Å². The molecule has 0 radical (unpaired) electrons. The first kappa shape index (κ1) is 17.4. The van der Waals surface area contributed by atoms with Crippen molar-refractivity contribution in [1.29, 1.82) is 0 Å². The second kappa shape index (κ2) is 7.66. The highest BCUT2D eigenvalue weighted by atomic mass is 16.6. The standard InChI is InChI=1S/C20H29NO3/c1-21-14-8-13-18(15-21)24-19(22)20(23,16-9-4-2-5-10-16)17-11-6-3-7-12-17/h2,4-5,9-10,17-18,23H,3,6-8,11-15H2,1H3. The van der Waals surface area contributed by atoms with Crippen molar-refractivity contribution in [2.75, 3.05) is 20.1 Å². The van der Waals surface area contributed by atoms with Crippen molar-refractivity contribution in [3.63, 3.8) is 0 Å². The molecule has 1 heterocycles. The summed E-state index contributed by atoms with van der Waals surface area (Å²) in [6, 6.07) is 9.37. The van der Waals surface area contributed by atoms with Crippen molar-refractivity contribution in [2.45, 2.75) is 56.7 Å². The van der Waals surface area contributed by atoms with Gasteiger partial charge in [0.1, 0.15) is 6.10 Å². The second-order valence-electron chi connectivity index (χ2n) is 7.40. The lowest BCUT2D eigenvalue weighted by Crippen LogP contribution is -2.48. The molecule has 1 aliphatic heterocycles. The third kappa shape index (κ3) is 3.65. The summed E-state index contributed by atoms with van der Waals surface area (Å²) in [6.07, 6.45) is 6.88. The van der Waals surface area contributed by atoms with E-state index in [-0.39, 0.29) is 12.0 Å². The van der Waals surface area contributed by atoms with Gasteiger partial charge in [0.05, 0.1) is 0 Å². The number of hydrogen-bond acceptors (Lipinski definition) is 4. The molecule has 2 aliphatic rings. The Morgan fingerprint density at radius 2 is 1.83 bits per heavy atom. The van der Waals surface area contributed by atoms with Crippen molar-refractivity contribution in [2.24, 2.45) is 5.92 Å². The molecule has 1 aromatic carbocycles. The normalized spacial score (nSPS) is 25.8. The molecule has 1 aromatic rings. The van der Waals surface area contributed by atoms with Gasteiger partial charge >= 0.3 is 5.97 Å². The van der Waals surface area contributed by atoms with Gasteiger partial charge in [-0.25, -0.2) is 4.79 Å². The Morgan fingerprint density at radius 3 is 2.50 bits per heavy atom. The summed E-state index contributed by atoms with van der Waals surface area (Å²) in [5.41, 5.74) is -0.844. The number of piperidine rings is 1. The fourth-order valence-corrected chi connectivity index (χ4v) is 4.19. The van der Waals surface area contributed by atoms with Crippen LogP contribution in [0.2, 0.25) is 0 Å². The first-order chi connectivity index (χ1) is 11.6. The van der Waals surface area contributed by atoms with Crippen LogP contribution in [0.1, 0.15) is 50.5 Å². The summed E-state index contributed by atoms with van der Waals surface area (Å²) in [5, 5.41) is 11.5. The predicted molar refractivity (Wildman–Crippen MR) is 93.5 cm³/mol. The Kier molecular flexibility index (Phi) is 5.57. The molecule has 1 saturated carbocycles. The number of hydrogen-bond donors (Lipinski definition) is 1. The number of likely N-dealkylation sites (N-methyl/N-ethyl adjacent to an activating group) is 1. The molecule has 2 fully saturated rings. The van der Waals surface area contributed by atoms with E-state index in [1.807, 2.05) is 37.4 Å². The minimum Gasteiger partial charge on any atom is -0.459 e. The molecule has 2 unspecified atom stereocenters. The van der Waals surface area contributed by atoms with Crippen LogP contribution in [0.4, 0.5) is 0 Å². The summed E-state index contributed by atoms with van der Waals surface area (Å²) in [6.45, 7) is 1.79. The molecule has 0 amide bonds. The average molecular weight is 331 g/mol. The molecule has 0 spiro atoms. The Balaban J connectivity index is 1.82. The minimum atomic E-state index is -1.52. The van der Waals surface area contributed by atoms with Crippen LogP contribution in [0, 0.1) is 5.92 Å². The van der Waals surface area contributed by atoms with Crippen molar-refractivity contribution in [1.82, 2.24) is 4.90 Å². The van der Waals surface area contributed by atoms with Gasteiger partial charge in [-0.3, -0.25) is 0 Å². The minimum absolute atomic E-state index is 0.0533. The third-order valence-electron chi connectivity index (χ3n) is 5.58. The Bertz CT molecular complexity index is 541. The maximum absolute atomic E-state index is 13.0. The lowest BCUT2D eigenvalue weighted by Gasteiger charge is -2.38. The number of esters is 1. The summed E-state index contributed by atoms with van der Waals surface area (Å²) >= 11 is 0. The molecule has 132 valence electrons. The average Bonchev–Trinajstić information content (AvgIpc) is 2.62. The van der Waals surface area contributed by atoms with Gasteiger partial charge < -0.3 is 14.7 Å². The van der Waals surface area contributed by atoms with Crippen molar-refractivity contribution in [3.8, 4) is 0 Å². The van der Waals surface area contributed by atoms with E-state index in [1.165, 1.54) is 6.42 Å². The molecule has 0 aromatic heterocycles. The molecular formula is C20H29NO3. The van der Waals surface area contributed by atoms with Gasteiger partial charge in [-0.1, -0.05) is 49.6 Å². The Morgan fingerprint density at radius 1 is 1.12 bits per heavy atom. The van der Waals surface area contributed by atoms with Crippen molar-refractivity contribution >= 4 is 5.97 Å². The zero-order chi connectivity index (χ0) is 17.0. The fraction of sp³-hybridized carbons (Fsp3) is 0.650. The summed E-state index contributed by atoms with van der Waals surface area (Å²) in [5.74, 6) is -0.511. The monoisotopic (exact) mass is 331 g/mol. The van der Waals surface area contributed by atoms with E-state index in [1.54, 1.807) is 0 Å². The molecule has 3 rings (SSSR count). The van der Waals surface area contributed by atoms with Gasteiger partial charge in [0, 0.05) is 12.5 Å². The van der Waals surface area contributed by atoms with Gasteiger partial charge in [-0.15, -0.1) is 0 Å². The largest absolute Gasteiger partial charge is 0.459 e. The number of likely N-dealkylation sites (tertiary alicyclic amines) is 1. The number of ether oxygens (including phenoxy) is 1. The number of carbonyl (C=O) groups excluding carboxylic acids is 1. The lowest BCUT2D eigenvalue weighted by atomic mass is 9.73.